The Bertz CT molecular complexity index is 103. The van der Waals surface area contributed by atoms with Crippen LogP contribution in [0, 0.1) is 0 Å². The van der Waals surface area contributed by atoms with Crippen LogP contribution >= 0.6 is 0 Å². The zero-order valence-corrected chi connectivity index (χ0v) is 9.71. The molecule has 0 saturated heterocycles. The highest BCUT2D eigenvalue weighted by Gasteiger charge is 1.87. The van der Waals surface area contributed by atoms with Gasteiger partial charge in [0.15, 0.2) is 0 Å². The zero-order chi connectivity index (χ0) is 10.5. The lowest BCUT2D eigenvalue weighted by Crippen LogP contribution is -2.12. The van der Waals surface area contributed by atoms with Crippen LogP contribution in [0.3, 0.4) is 0 Å². The van der Waals surface area contributed by atoms with Crippen LogP contribution in [0.5, 0.6) is 0 Å². The van der Waals surface area contributed by atoms with Crippen molar-refractivity contribution in [3.8, 4) is 0 Å². The Kier molecular flexibility index (Phi) is 16.1. The summed E-state index contributed by atoms with van der Waals surface area (Å²) >= 11 is 0. The van der Waals surface area contributed by atoms with Crippen LogP contribution in [-0.4, -0.2) is 38.4 Å². The Labute approximate surface area is 82.8 Å². The van der Waals surface area contributed by atoms with Gasteiger partial charge in [-0.15, -0.1) is 0 Å². The van der Waals surface area contributed by atoms with Gasteiger partial charge in [0.25, 0.3) is 0 Å². The van der Waals surface area contributed by atoms with Gasteiger partial charge in [0, 0.05) is 6.21 Å². The molecule has 0 bridgehead atoms. The molecule has 13 heavy (non-hydrogen) atoms. The zero-order valence-electron chi connectivity index (χ0n) is 9.71. The maximum Gasteiger partial charge on any atom is 0.114 e. The summed E-state index contributed by atoms with van der Waals surface area (Å²) < 4.78 is 0. The van der Waals surface area contributed by atoms with E-state index in [4.69, 9.17) is 4.84 Å². The molecule has 0 saturated carbocycles. The van der Waals surface area contributed by atoms with Crippen molar-refractivity contribution >= 4 is 6.21 Å². The first-order valence-electron chi connectivity index (χ1n) is 5.06. The largest absolute Gasteiger partial charge is 0.396 e. The average molecular weight is 188 g/mol. The van der Waals surface area contributed by atoms with Crippen LogP contribution in [0.1, 0.15) is 33.6 Å². The molecule has 0 spiro atoms. The number of hydrogen-bond acceptors (Lipinski definition) is 3. The molecule has 0 amide bonds. The van der Waals surface area contributed by atoms with Crippen LogP contribution in [0.25, 0.3) is 0 Å². The molecule has 3 nitrogen and oxygen atoms in total. The fraction of sp³-hybridized carbons (Fsp3) is 0.900. The van der Waals surface area contributed by atoms with Gasteiger partial charge in [-0.1, -0.05) is 19.0 Å². The molecule has 0 aromatic carbocycles. The molecule has 80 valence electrons. The number of unbranched alkanes of at least 4 members (excludes halogenated alkanes) is 1. The van der Waals surface area contributed by atoms with Crippen LogP contribution in [0.4, 0.5) is 0 Å². The van der Waals surface area contributed by atoms with Gasteiger partial charge >= 0.3 is 0 Å². The highest BCUT2D eigenvalue weighted by molar-refractivity contribution is 5.56. The third-order valence-corrected chi connectivity index (χ3v) is 1.22. The standard InChI is InChI=1S/C8H18N2O.C2H6/c1-4-11-9-7-5-6-8-10(2)3;1-2/h7H,4-6,8H2,1-3H3;1-2H3/b9-7-;. The second-order valence-electron chi connectivity index (χ2n) is 2.65. The minimum absolute atomic E-state index is 0.657. The van der Waals surface area contributed by atoms with Gasteiger partial charge in [0.05, 0.1) is 0 Å². The molecule has 0 aromatic rings. The summed E-state index contributed by atoms with van der Waals surface area (Å²) in [6, 6.07) is 0. The van der Waals surface area contributed by atoms with Crippen molar-refractivity contribution in [3.63, 3.8) is 0 Å². The Morgan fingerprint density at radius 1 is 1.31 bits per heavy atom. The maximum absolute atomic E-state index is 4.80. The lowest BCUT2D eigenvalue weighted by atomic mass is 10.3. The summed E-state index contributed by atoms with van der Waals surface area (Å²) in [6.07, 6.45) is 3.97. The minimum atomic E-state index is 0.657. The molecule has 0 aromatic heterocycles. The molecule has 3 heteroatoms. The highest BCUT2D eigenvalue weighted by Crippen LogP contribution is 1.87. The number of rotatable bonds is 6. The van der Waals surface area contributed by atoms with E-state index >= 15 is 0 Å². The van der Waals surface area contributed by atoms with Crippen LogP contribution in [-0.2, 0) is 4.84 Å². The van der Waals surface area contributed by atoms with Crippen molar-refractivity contribution in [2.75, 3.05) is 27.2 Å². The molecule has 0 rings (SSSR count). The molecule has 0 N–H and O–H groups in total. The monoisotopic (exact) mass is 188 g/mol. The second-order valence-corrected chi connectivity index (χ2v) is 2.65. The van der Waals surface area contributed by atoms with Crippen LogP contribution < -0.4 is 0 Å². The Morgan fingerprint density at radius 3 is 2.38 bits per heavy atom. The van der Waals surface area contributed by atoms with Gasteiger partial charge < -0.3 is 9.74 Å². The van der Waals surface area contributed by atoms with E-state index in [1.165, 1.54) is 0 Å². The molecule has 0 radical (unpaired) electrons. The van der Waals surface area contributed by atoms with Gasteiger partial charge in [-0.3, -0.25) is 0 Å². The van der Waals surface area contributed by atoms with Crippen molar-refractivity contribution in [1.29, 1.82) is 0 Å². The summed E-state index contributed by atoms with van der Waals surface area (Å²) in [5.41, 5.74) is 0. The first kappa shape index (κ1) is 14.9. The third-order valence-electron chi connectivity index (χ3n) is 1.22. The van der Waals surface area contributed by atoms with E-state index in [0.29, 0.717) is 6.61 Å². The summed E-state index contributed by atoms with van der Waals surface area (Å²) in [5.74, 6) is 0. The van der Waals surface area contributed by atoms with Crippen molar-refractivity contribution in [3.05, 3.63) is 0 Å². The fourth-order valence-corrected chi connectivity index (χ4v) is 0.679. The molecule has 0 fully saturated rings. The van der Waals surface area contributed by atoms with Gasteiger partial charge in [-0.05, 0) is 40.4 Å². The van der Waals surface area contributed by atoms with E-state index in [1.54, 1.807) is 0 Å². The number of nitrogens with zero attached hydrogens (tertiary/aromatic N) is 2. The summed E-state index contributed by atoms with van der Waals surface area (Å²) in [7, 11) is 4.14. The van der Waals surface area contributed by atoms with E-state index in [2.05, 4.69) is 24.2 Å². The van der Waals surface area contributed by atoms with E-state index < -0.39 is 0 Å². The van der Waals surface area contributed by atoms with Crippen molar-refractivity contribution in [2.24, 2.45) is 5.16 Å². The van der Waals surface area contributed by atoms with Gasteiger partial charge in [0.1, 0.15) is 6.61 Å². The van der Waals surface area contributed by atoms with Gasteiger partial charge in [0.2, 0.25) is 0 Å². The van der Waals surface area contributed by atoms with E-state index in [1.807, 2.05) is 27.0 Å². The quantitative estimate of drug-likeness (QED) is 0.363. The van der Waals surface area contributed by atoms with Gasteiger partial charge in [-0.2, -0.15) is 0 Å². The predicted octanol–water partition coefficient (Wildman–Crippen LogP) is 2.38. The molecule has 0 atom stereocenters. The SMILES string of the molecule is CC.CCO/N=C\CCCN(C)C. The summed E-state index contributed by atoms with van der Waals surface area (Å²) in [5, 5.41) is 3.74. The highest BCUT2D eigenvalue weighted by atomic mass is 16.6. The first-order chi connectivity index (χ1) is 6.27. The van der Waals surface area contributed by atoms with E-state index in [9.17, 15) is 0 Å². The topological polar surface area (TPSA) is 24.8 Å². The van der Waals surface area contributed by atoms with E-state index in [0.717, 1.165) is 19.4 Å². The van der Waals surface area contributed by atoms with Crippen molar-refractivity contribution < 1.29 is 4.84 Å². The van der Waals surface area contributed by atoms with Gasteiger partial charge in [-0.25, -0.2) is 0 Å². The molecule has 0 heterocycles. The normalized spacial score (nSPS) is 10.0. The summed E-state index contributed by atoms with van der Waals surface area (Å²) in [4.78, 5) is 6.96. The molecule has 0 aliphatic heterocycles. The smallest absolute Gasteiger partial charge is 0.114 e. The summed E-state index contributed by atoms with van der Waals surface area (Å²) in [6.45, 7) is 7.69. The fourth-order valence-electron chi connectivity index (χ4n) is 0.679. The molecule has 0 aliphatic carbocycles. The molecular weight excluding hydrogens is 164 g/mol. The van der Waals surface area contributed by atoms with Crippen molar-refractivity contribution in [2.45, 2.75) is 33.6 Å². The average Bonchev–Trinajstić information content (AvgIpc) is 2.14. The molecular formula is C10H24N2O. The first-order valence-corrected chi connectivity index (χ1v) is 5.06. The molecule has 0 unspecified atom stereocenters. The van der Waals surface area contributed by atoms with Crippen molar-refractivity contribution in [1.82, 2.24) is 4.90 Å². The second kappa shape index (κ2) is 14.0. The predicted molar refractivity (Wildman–Crippen MR) is 59.3 cm³/mol. The minimum Gasteiger partial charge on any atom is -0.396 e. The van der Waals surface area contributed by atoms with Crippen LogP contribution in [0.2, 0.25) is 0 Å². The maximum atomic E-state index is 4.80. The lowest BCUT2D eigenvalue weighted by molar-refractivity contribution is 0.159. The Hall–Kier alpha value is -0.570. The van der Waals surface area contributed by atoms with Crippen LogP contribution in [0.15, 0.2) is 5.16 Å². The number of hydrogen-bond donors (Lipinski definition) is 0. The lowest BCUT2D eigenvalue weighted by Gasteiger charge is -2.06. The number of oxime groups is 1. The Morgan fingerprint density at radius 2 is 1.92 bits per heavy atom. The third kappa shape index (κ3) is 18.4. The Balaban J connectivity index is 0. The molecule has 0 aliphatic rings. The van der Waals surface area contributed by atoms with E-state index in [-0.39, 0.29) is 0 Å².